The van der Waals surface area contributed by atoms with Gasteiger partial charge in [-0.1, -0.05) is 28.1 Å². The molecule has 1 aliphatic heterocycles. The molecule has 0 spiro atoms. The second-order valence-electron chi connectivity index (χ2n) is 6.52. The van der Waals surface area contributed by atoms with Crippen LogP contribution in [0.2, 0.25) is 0 Å². The summed E-state index contributed by atoms with van der Waals surface area (Å²) in [6.45, 7) is 2.17. The Morgan fingerprint density at radius 2 is 1.91 bits per heavy atom. The first kappa shape index (κ1) is 24.6. The van der Waals surface area contributed by atoms with Crippen LogP contribution in [0.1, 0.15) is 18.1 Å². The Bertz CT molecular complexity index is 1070. The number of hydrogen-bond acceptors (Lipinski definition) is 7. The standard InChI is InChI=1S/C22H19BrINO6S/c1-3-30-17-9-14(8-16(24)20(17)31-12-19(26)29-2)10-18-21(27)25(22(28)32-18)11-13-4-6-15(23)7-5-13/h4-10H,3,11-12H2,1-2H3/b18-10+. The normalized spacial score (nSPS) is 14.8. The van der Waals surface area contributed by atoms with E-state index in [1.54, 1.807) is 18.2 Å². The molecular formula is C22H19BrINO6S. The van der Waals surface area contributed by atoms with Crippen molar-refractivity contribution in [1.29, 1.82) is 0 Å². The van der Waals surface area contributed by atoms with Crippen LogP contribution in [0.4, 0.5) is 4.79 Å². The van der Waals surface area contributed by atoms with Crippen LogP contribution >= 0.6 is 50.3 Å². The Kier molecular flexibility index (Phi) is 8.60. The van der Waals surface area contributed by atoms with E-state index >= 15 is 0 Å². The highest BCUT2D eigenvalue weighted by Crippen LogP contribution is 2.38. The number of carbonyl (C=O) groups is 3. The zero-order valence-electron chi connectivity index (χ0n) is 17.2. The molecule has 1 heterocycles. The summed E-state index contributed by atoms with van der Waals surface area (Å²) in [6, 6.07) is 11.0. The molecule has 0 aromatic heterocycles. The van der Waals surface area contributed by atoms with Crippen molar-refractivity contribution in [2.24, 2.45) is 0 Å². The Morgan fingerprint density at radius 3 is 2.56 bits per heavy atom. The number of ether oxygens (including phenoxy) is 3. The molecule has 1 fully saturated rings. The largest absolute Gasteiger partial charge is 0.490 e. The molecule has 0 unspecified atom stereocenters. The van der Waals surface area contributed by atoms with Crippen molar-refractivity contribution in [3.63, 3.8) is 0 Å². The van der Waals surface area contributed by atoms with Crippen molar-refractivity contribution in [2.45, 2.75) is 13.5 Å². The van der Waals surface area contributed by atoms with Gasteiger partial charge in [0.15, 0.2) is 18.1 Å². The number of carbonyl (C=O) groups excluding carboxylic acids is 3. The molecule has 2 amide bonds. The fraction of sp³-hybridized carbons (Fsp3) is 0.227. The number of rotatable bonds is 8. The highest BCUT2D eigenvalue weighted by molar-refractivity contribution is 14.1. The van der Waals surface area contributed by atoms with Crippen molar-refractivity contribution in [2.75, 3.05) is 20.3 Å². The highest BCUT2D eigenvalue weighted by Gasteiger charge is 2.35. The van der Waals surface area contributed by atoms with Crippen LogP contribution < -0.4 is 9.47 Å². The summed E-state index contributed by atoms with van der Waals surface area (Å²) in [4.78, 5) is 38.3. The van der Waals surface area contributed by atoms with Gasteiger partial charge in [0.2, 0.25) is 0 Å². The molecule has 168 valence electrons. The van der Waals surface area contributed by atoms with Crippen LogP contribution in [0.3, 0.4) is 0 Å². The quantitative estimate of drug-likeness (QED) is 0.224. The number of imide groups is 1. The molecular weight excluding hydrogens is 613 g/mol. The SMILES string of the molecule is CCOc1cc(/C=C2/SC(=O)N(Cc3ccc(Br)cc3)C2=O)cc(I)c1OCC(=O)OC. The van der Waals surface area contributed by atoms with Crippen LogP contribution in [0.15, 0.2) is 45.8 Å². The summed E-state index contributed by atoms with van der Waals surface area (Å²) >= 11 is 6.34. The van der Waals surface area contributed by atoms with Gasteiger partial charge in [-0.15, -0.1) is 0 Å². The average Bonchev–Trinajstić information content (AvgIpc) is 3.02. The fourth-order valence-electron chi connectivity index (χ4n) is 2.82. The van der Waals surface area contributed by atoms with Crippen molar-refractivity contribution < 1.29 is 28.6 Å². The number of methoxy groups -OCH3 is 1. The molecule has 0 atom stereocenters. The molecule has 7 nitrogen and oxygen atoms in total. The van der Waals surface area contributed by atoms with Gasteiger partial charge in [-0.3, -0.25) is 14.5 Å². The number of halogens is 2. The number of thioether (sulfide) groups is 1. The van der Waals surface area contributed by atoms with E-state index in [2.05, 4.69) is 43.3 Å². The van der Waals surface area contributed by atoms with Crippen LogP contribution in [0.25, 0.3) is 6.08 Å². The molecule has 32 heavy (non-hydrogen) atoms. The Hall–Kier alpha value is -2.05. The number of esters is 1. The van der Waals surface area contributed by atoms with Crippen LogP contribution in [-0.2, 0) is 20.9 Å². The zero-order chi connectivity index (χ0) is 23.3. The molecule has 0 aliphatic carbocycles. The van der Waals surface area contributed by atoms with Crippen molar-refractivity contribution in [3.8, 4) is 11.5 Å². The van der Waals surface area contributed by atoms with Gasteiger partial charge in [-0.2, -0.15) is 0 Å². The van der Waals surface area contributed by atoms with Gasteiger partial charge in [0, 0.05) is 4.47 Å². The molecule has 3 rings (SSSR count). The fourth-order valence-corrected chi connectivity index (χ4v) is 4.71. The predicted octanol–water partition coefficient (Wildman–Crippen LogP) is 5.24. The Labute approximate surface area is 211 Å². The maximum atomic E-state index is 12.9. The summed E-state index contributed by atoms with van der Waals surface area (Å²) < 4.78 is 17.5. The van der Waals surface area contributed by atoms with Gasteiger partial charge in [0.1, 0.15) is 0 Å². The van der Waals surface area contributed by atoms with Crippen LogP contribution in [0.5, 0.6) is 11.5 Å². The second kappa shape index (κ2) is 11.2. The van der Waals surface area contributed by atoms with Crippen LogP contribution in [0, 0.1) is 3.57 Å². The first-order valence-electron chi connectivity index (χ1n) is 9.48. The van der Waals surface area contributed by atoms with E-state index in [1.807, 2.05) is 31.2 Å². The smallest absolute Gasteiger partial charge is 0.343 e. The zero-order valence-corrected chi connectivity index (χ0v) is 21.8. The third kappa shape index (κ3) is 6.04. The molecule has 2 aromatic carbocycles. The molecule has 0 N–H and O–H groups in total. The number of benzene rings is 2. The first-order valence-corrected chi connectivity index (χ1v) is 12.2. The minimum Gasteiger partial charge on any atom is -0.490 e. The van der Waals surface area contributed by atoms with Crippen LogP contribution in [-0.4, -0.2) is 42.3 Å². The third-order valence-corrected chi connectivity index (χ3v) is 6.56. The van der Waals surface area contributed by atoms with Crippen molar-refractivity contribution >= 4 is 73.5 Å². The number of hydrogen-bond donors (Lipinski definition) is 0. The topological polar surface area (TPSA) is 82.1 Å². The number of amides is 2. The molecule has 1 aliphatic rings. The van der Waals surface area contributed by atoms with Gasteiger partial charge < -0.3 is 14.2 Å². The van der Waals surface area contributed by atoms with Gasteiger partial charge in [0.25, 0.3) is 11.1 Å². The molecule has 0 bridgehead atoms. The monoisotopic (exact) mass is 631 g/mol. The summed E-state index contributed by atoms with van der Waals surface area (Å²) in [5, 5.41) is -0.318. The lowest BCUT2D eigenvalue weighted by Crippen LogP contribution is -2.27. The minimum atomic E-state index is -0.508. The van der Waals surface area contributed by atoms with Gasteiger partial charge >= 0.3 is 5.97 Å². The third-order valence-electron chi connectivity index (χ3n) is 4.32. The molecule has 0 radical (unpaired) electrons. The van der Waals surface area contributed by atoms with Gasteiger partial charge in [-0.05, 0) is 82.7 Å². The molecule has 1 saturated heterocycles. The van der Waals surface area contributed by atoms with Gasteiger partial charge in [0.05, 0.1) is 28.7 Å². The lowest BCUT2D eigenvalue weighted by Gasteiger charge is -2.14. The molecule has 2 aromatic rings. The highest BCUT2D eigenvalue weighted by atomic mass is 127. The maximum Gasteiger partial charge on any atom is 0.343 e. The van der Waals surface area contributed by atoms with Crippen molar-refractivity contribution in [1.82, 2.24) is 4.90 Å². The van der Waals surface area contributed by atoms with Gasteiger partial charge in [-0.25, -0.2) is 4.79 Å². The number of nitrogens with zero attached hydrogens (tertiary/aromatic N) is 1. The van der Waals surface area contributed by atoms with Crippen molar-refractivity contribution in [3.05, 3.63) is 60.5 Å². The summed E-state index contributed by atoms with van der Waals surface area (Å²) in [5.74, 6) is -0.00401. The van der Waals surface area contributed by atoms with E-state index in [0.29, 0.717) is 32.1 Å². The summed E-state index contributed by atoms with van der Waals surface area (Å²) in [7, 11) is 1.28. The summed E-state index contributed by atoms with van der Waals surface area (Å²) in [6.07, 6.45) is 1.65. The lowest BCUT2D eigenvalue weighted by molar-refractivity contribution is -0.143. The predicted molar refractivity (Wildman–Crippen MR) is 133 cm³/mol. The average molecular weight is 632 g/mol. The Balaban J connectivity index is 1.83. The van der Waals surface area contributed by atoms with E-state index in [0.717, 1.165) is 21.8 Å². The Morgan fingerprint density at radius 1 is 1.19 bits per heavy atom. The van der Waals surface area contributed by atoms with E-state index < -0.39 is 5.97 Å². The maximum absolute atomic E-state index is 12.9. The summed E-state index contributed by atoms with van der Waals surface area (Å²) in [5.41, 5.74) is 1.54. The minimum absolute atomic E-state index is 0.206. The van der Waals surface area contributed by atoms with E-state index in [4.69, 9.17) is 9.47 Å². The van der Waals surface area contributed by atoms with E-state index in [-0.39, 0.29) is 24.3 Å². The first-order chi connectivity index (χ1) is 15.3. The molecule has 10 heteroatoms. The molecule has 0 saturated carbocycles. The van der Waals surface area contributed by atoms with E-state index in [9.17, 15) is 14.4 Å². The van der Waals surface area contributed by atoms with E-state index in [1.165, 1.54) is 12.0 Å². The second-order valence-corrected chi connectivity index (χ2v) is 9.59. The lowest BCUT2D eigenvalue weighted by atomic mass is 10.1.